The van der Waals surface area contributed by atoms with Crippen LogP contribution >= 0.6 is 11.6 Å². The van der Waals surface area contributed by atoms with E-state index in [0.717, 1.165) is 18.2 Å². The lowest BCUT2D eigenvalue weighted by atomic mass is 10.1. The lowest BCUT2D eigenvalue weighted by Gasteiger charge is -2.12. The second-order valence-electron chi connectivity index (χ2n) is 4.59. The van der Waals surface area contributed by atoms with Crippen LogP contribution in [0.1, 0.15) is 19.3 Å². The highest BCUT2D eigenvalue weighted by atomic mass is 35.5. The second kappa shape index (κ2) is 5.09. The maximum atomic E-state index is 12.9. The van der Waals surface area contributed by atoms with Gasteiger partial charge < -0.3 is 5.11 Å². The molecule has 1 N–H and O–H groups in total. The van der Waals surface area contributed by atoms with Crippen LogP contribution in [-0.4, -0.2) is 24.7 Å². The molecule has 1 fully saturated rings. The average Bonchev–Trinajstić information content (AvgIpc) is 2.78. The molecule has 1 aliphatic rings. The fraction of sp³-hybridized carbons (Fsp3) is 0.417. The Bertz CT molecular complexity index is 614. The van der Waals surface area contributed by atoms with Gasteiger partial charge in [-0.2, -0.15) is 0 Å². The first kappa shape index (κ1) is 14.3. The lowest BCUT2D eigenvalue weighted by Crippen LogP contribution is -2.20. The van der Waals surface area contributed by atoms with Gasteiger partial charge >= 0.3 is 5.97 Å². The summed E-state index contributed by atoms with van der Waals surface area (Å²) < 4.78 is 37.6. The Kier molecular flexibility index (Phi) is 3.82. The number of rotatable bonds is 3. The maximum absolute atomic E-state index is 12.9. The minimum Gasteiger partial charge on any atom is -0.481 e. The molecule has 0 bridgehead atoms. The number of benzene rings is 1. The Hall–Kier alpha value is -1.14. The third kappa shape index (κ3) is 2.74. The standard InChI is InChI=1S/C12H12ClFO4S/c13-10-6-8(14)2-4-11(10)19(17,18)9-3-1-7(5-9)12(15)16/h2,4,6-7,9H,1,3,5H2,(H,15,16)/t7-,9-/m1/s1. The molecule has 104 valence electrons. The summed E-state index contributed by atoms with van der Waals surface area (Å²) >= 11 is 5.76. The third-order valence-corrected chi connectivity index (χ3v) is 6.07. The van der Waals surface area contributed by atoms with Crippen LogP contribution in [0, 0.1) is 11.7 Å². The zero-order chi connectivity index (χ0) is 14.2. The van der Waals surface area contributed by atoms with E-state index in [-0.39, 0.29) is 22.8 Å². The van der Waals surface area contributed by atoms with E-state index >= 15 is 0 Å². The number of halogens is 2. The quantitative estimate of drug-likeness (QED) is 0.871. The van der Waals surface area contributed by atoms with E-state index in [9.17, 15) is 17.6 Å². The van der Waals surface area contributed by atoms with E-state index in [1.165, 1.54) is 0 Å². The van der Waals surface area contributed by atoms with Gasteiger partial charge in [-0.1, -0.05) is 11.6 Å². The van der Waals surface area contributed by atoms with Crippen molar-refractivity contribution in [3.8, 4) is 0 Å². The lowest BCUT2D eigenvalue weighted by molar-refractivity contribution is -0.141. The van der Waals surface area contributed by atoms with Gasteiger partial charge in [0.05, 0.1) is 21.1 Å². The molecule has 0 radical (unpaired) electrons. The van der Waals surface area contributed by atoms with Crippen molar-refractivity contribution in [2.24, 2.45) is 5.92 Å². The third-order valence-electron chi connectivity index (χ3n) is 3.37. The van der Waals surface area contributed by atoms with E-state index in [1.807, 2.05) is 0 Å². The summed E-state index contributed by atoms with van der Waals surface area (Å²) in [5, 5.41) is 7.95. The van der Waals surface area contributed by atoms with Crippen molar-refractivity contribution in [1.82, 2.24) is 0 Å². The molecule has 2 rings (SSSR count). The monoisotopic (exact) mass is 306 g/mol. The minimum absolute atomic E-state index is 0.0748. The Morgan fingerprint density at radius 2 is 2.05 bits per heavy atom. The van der Waals surface area contributed by atoms with Crippen LogP contribution in [0.25, 0.3) is 0 Å². The molecule has 0 aliphatic heterocycles. The number of carbonyl (C=O) groups is 1. The Morgan fingerprint density at radius 1 is 1.37 bits per heavy atom. The van der Waals surface area contributed by atoms with Gasteiger partial charge in [0.1, 0.15) is 5.82 Å². The highest BCUT2D eigenvalue weighted by molar-refractivity contribution is 7.92. The van der Waals surface area contributed by atoms with Gasteiger partial charge in [0, 0.05) is 0 Å². The highest BCUT2D eigenvalue weighted by Crippen LogP contribution is 2.36. The predicted octanol–water partition coefficient (Wildman–Crippen LogP) is 2.51. The molecule has 0 spiro atoms. The van der Waals surface area contributed by atoms with Crippen LogP contribution in [0.5, 0.6) is 0 Å². The molecule has 1 aromatic rings. The topological polar surface area (TPSA) is 71.4 Å². The summed E-state index contributed by atoms with van der Waals surface area (Å²) in [5.74, 6) is -2.24. The molecule has 1 aromatic carbocycles. The van der Waals surface area contributed by atoms with E-state index in [2.05, 4.69) is 0 Å². The molecule has 7 heteroatoms. The molecule has 2 atom stereocenters. The summed E-state index contributed by atoms with van der Waals surface area (Å²) in [6.45, 7) is 0. The smallest absolute Gasteiger partial charge is 0.306 e. The van der Waals surface area contributed by atoms with Crippen LogP contribution < -0.4 is 0 Å². The number of aliphatic carboxylic acids is 1. The number of carboxylic acids is 1. The number of hydrogen-bond acceptors (Lipinski definition) is 3. The summed E-state index contributed by atoms with van der Waals surface area (Å²) in [7, 11) is -3.71. The maximum Gasteiger partial charge on any atom is 0.306 e. The van der Waals surface area contributed by atoms with Crippen molar-refractivity contribution in [2.75, 3.05) is 0 Å². The Balaban J connectivity index is 2.31. The first-order valence-corrected chi connectivity index (χ1v) is 7.66. The van der Waals surface area contributed by atoms with Gasteiger partial charge in [-0.15, -0.1) is 0 Å². The van der Waals surface area contributed by atoms with Crippen molar-refractivity contribution >= 4 is 27.4 Å². The first-order valence-electron chi connectivity index (χ1n) is 5.74. The zero-order valence-corrected chi connectivity index (χ0v) is 11.4. The molecule has 0 heterocycles. The molecule has 0 saturated heterocycles. The molecule has 1 saturated carbocycles. The van der Waals surface area contributed by atoms with Crippen LogP contribution in [-0.2, 0) is 14.6 Å². The van der Waals surface area contributed by atoms with Crippen molar-refractivity contribution in [3.05, 3.63) is 29.0 Å². The zero-order valence-electron chi connectivity index (χ0n) is 9.84. The van der Waals surface area contributed by atoms with Crippen molar-refractivity contribution in [3.63, 3.8) is 0 Å². The van der Waals surface area contributed by atoms with E-state index in [1.54, 1.807) is 0 Å². The Morgan fingerprint density at radius 3 is 2.58 bits per heavy atom. The van der Waals surface area contributed by atoms with Gasteiger partial charge in [0.15, 0.2) is 9.84 Å². The molecule has 0 amide bonds. The minimum atomic E-state index is -3.71. The number of carboxylic acid groups (broad SMARTS) is 1. The average molecular weight is 307 g/mol. The molecule has 4 nitrogen and oxygen atoms in total. The van der Waals surface area contributed by atoms with Crippen LogP contribution in [0.2, 0.25) is 5.02 Å². The molecule has 1 aliphatic carbocycles. The van der Waals surface area contributed by atoms with Crippen LogP contribution in [0.4, 0.5) is 4.39 Å². The molecule has 0 unspecified atom stereocenters. The number of sulfone groups is 1. The summed E-state index contributed by atoms with van der Waals surface area (Å²) in [6, 6.07) is 3.10. The van der Waals surface area contributed by atoms with Gasteiger partial charge in [0.25, 0.3) is 0 Å². The molecule has 0 aromatic heterocycles. The van der Waals surface area contributed by atoms with E-state index < -0.39 is 32.8 Å². The van der Waals surface area contributed by atoms with Gasteiger partial charge in [-0.3, -0.25) is 4.79 Å². The Labute approximate surface area is 115 Å². The van der Waals surface area contributed by atoms with Crippen molar-refractivity contribution < 1.29 is 22.7 Å². The van der Waals surface area contributed by atoms with E-state index in [0.29, 0.717) is 6.42 Å². The molecular formula is C12H12ClFO4S. The van der Waals surface area contributed by atoms with E-state index in [4.69, 9.17) is 16.7 Å². The molecule has 19 heavy (non-hydrogen) atoms. The highest BCUT2D eigenvalue weighted by Gasteiger charge is 2.38. The summed E-state index contributed by atoms with van der Waals surface area (Å²) in [5.41, 5.74) is 0. The van der Waals surface area contributed by atoms with Gasteiger partial charge in [0.2, 0.25) is 0 Å². The predicted molar refractivity (Wildman–Crippen MR) is 67.4 cm³/mol. The van der Waals surface area contributed by atoms with Crippen LogP contribution in [0.3, 0.4) is 0 Å². The fourth-order valence-corrected chi connectivity index (χ4v) is 4.70. The molecular weight excluding hydrogens is 295 g/mol. The van der Waals surface area contributed by atoms with Crippen molar-refractivity contribution in [2.45, 2.75) is 29.4 Å². The normalized spacial score (nSPS) is 23.5. The second-order valence-corrected chi connectivity index (χ2v) is 7.19. The summed E-state index contributed by atoms with van der Waals surface area (Å²) in [4.78, 5) is 10.7. The fourth-order valence-electron chi connectivity index (χ4n) is 2.33. The first-order chi connectivity index (χ1) is 8.82. The number of hydrogen-bond donors (Lipinski definition) is 1. The van der Waals surface area contributed by atoms with Crippen molar-refractivity contribution in [1.29, 1.82) is 0 Å². The van der Waals surface area contributed by atoms with Gasteiger partial charge in [-0.25, -0.2) is 12.8 Å². The largest absolute Gasteiger partial charge is 0.481 e. The van der Waals surface area contributed by atoms with Crippen LogP contribution in [0.15, 0.2) is 23.1 Å². The van der Waals surface area contributed by atoms with Gasteiger partial charge in [-0.05, 0) is 37.5 Å². The summed E-state index contributed by atoms with van der Waals surface area (Å²) in [6.07, 6.45) is 0.691. The SMILES string of the molecule is O=C(O)[C@@H]1CC[C@@H](S(=O)(=O)c2ccc(F)cc2Cl)C1.